The van der Waals surface area contributed by atoms with Crippen LogP contribution in [0.3, 0.4) is 0 Å². The quantitative estimate of drug-likeness (QED) is 0.929. The van der Waals surface area contributed by atoms with E-state index >= 15 is 0 Å². The Morgan fingerprint density at radius 2 is 2.15 bits per heavy atom. The van der Waals surface area contributed by atoms with E-state index in [1.165, 1.54) is 23.0 Å². The number of aryl methyl sites for hydroxylation is 1. The van der Waals surface area contributed by atoms with Crippen molar-refractivity contribution in [3.8, 4) is 0 Å². The number of piperidine rings is 1. The van der Waals surface area contributed by atoms with E-state index in [0.717, 1.165) is 32.1 Å². The Morgan fingerprint density at radius 3 is 2.95 bits per heavy atom. The Bertz CT molecular complexity index is 589. The molecule has 1 aromatic carbocycles. The molecule has 1 saturated heterocycles. The monoisotopic (exact) mass is 272 g/mol. The van der Waals surface area contributed by atoms with E-state index in [9.17, 15) is 0 Å². The molecule has 4 nitrogen and oxygen atoms in total. The number of benzene rings is 1. The van der Waals surface area contributed by atoms with Crippen molar-refractivity contribution in [1.29, 1.82) is 0 Å². The molecule has 0 amide bonds. The van der Waals surface area contributed by atoms with Gasteiger partial charge in [0.25, 0.3) is 0 Å². The van der Waals surface area contributed by atoms with Crippen molar-refractivity contribution in [2.45, 2.75) is 19.9 Å². The lowest BCUT2D eigenvalue weighted by Crippen LogP contribution is -2.42. The van der Waals surface area contributed by atoms with E-state index in [-0.39, 0.29) is 0 Å². The lowest BCUT2D eigenvalue weighted by molar-refractivity contribution is 0.125. The highest BCUT2D eigenvalue weighted by molar-refractivity contribution is 5.81. The van der Waals surface area contributed by atoms with Gasteiger partial charge in [-0.3, -0.25) is 9.58 Å². The van der Waals surface area contributed by atoms with Crippen LogP contribution in [0.4, 0.5) is 0 Å². The molecule has 1 fully saturated rings. The van der Waals surface area contributed by atoms with Crippen molar-refractivity contribution in [1.82, 2.24) is 14.7 Å². The van der Waals surface area contributed by atoms with Crippen LogP contribution in [0.5, 0.6) is 0 Å². The van der Waals surface area contributed by atoms with E-state index in [2.05, 4.69) is 36.1 Å². The molecule has 3 rings (SSSR count). The van der Waals surface area contributed by atoms with Gasteiger partial charge in [0.1, 0.15) is 0 Å². The third kappa shape index (κ3) is 2.45. The second-order valence-corrected chi connectivity index (χ2v) is 6.08. The van der Waals surface area contributed by atoms with Gasteiger partial charge in [0, 0.05) is 25.5 Å². The number of hydrogen-bond donors (Lipinski definition) is 1. The molecule has 1 aromatic heterocycles. The van der Waals surface area contributed by atoms with Crippen LogP contribution in [-0.2, 0) is 13.6 Å². The summed E-state index contributed by atoms with van der Waals surface area (Å²) in [5, 5.41) is 5.97. The summed E-state index contributed by atoms with van der Waals surface area (Å²) < 4.78 is 1.98. The zero-order chi connectivity index (χ0) is 14.1. The van der Waals surface area contributed by atoms with Crippen molar-refractivity contribution in [2.24, 2.45) is 24.6 Å². The van der Waals surface area contributed by atoms with Crippen molar-refractivity contribution < 1.29 is 0 Å². The summed E-state index contributed by atoms with van der Waals surface area (Å²) in [5.41, 5.74) is 8.30. The maximum atomic E-state index is 5.90. The molecule has 20 heavy (non-hydrogen) atoms. The van der Waals surface area contributed by atoms with Crippen LogP contribution in [0.1, 0.15) is 19.0 Å². The second kappa shape index (κ2) is 5.54. The average Bonchev–Trinajstić information content (AvgIpc) is 2.78. The van der Waals surface area contributed by atoms with E-state index in [1.54, 1.807) is 0 Å². The molecular formula is C16H24N4. The predicted octanol–water partition coefficient (Wildman–Crippen LogP) is 1.99. The van der Waals surface area contributed by atoms with Crippen LogP contribution in [0.15, 0.2) is 24.3 Å². The number of likely N-dealkylation sites (tertiary alicyclic amines) is 1. The lowest BCUT2D eigenvalue weighted by atomic mass is 9.87. The zero-order valence-electron chi connectivity index (χ0n) is 12.4. The Kier molecular flexibility index (Phi) is 3.76. The van der Waals surface area contributed by atoms with Crippen LogP contribution in [0, 0.1) is 11.8 Å². The molecule has 1 aliphatic rings. The summed E-state index contributed by atoms with van der Waals surface area (Å²) in [6.45, 7) is 6.31. The molecule has 0 radical (unpaired) electrons. The lowest BCUT2D eigenvalue weighted by Gasteiger charge is -2.36. The summed E-state index contributed by atoms with van der Waals surface area (Å²) in [6, 6.07) is 8.47. The number of fused-ring (bicyclic) bond motifs is 1. The second-order valence-electron chi connectivity index (χ2n) is 6.08. The first-order valence-corrected chi connectivity index (χ1v) is 7.52. The molecular weight excluding hydrogens is 248 g/mol. The highest BCUT2D eigenvalue weighted by Gasteiger charge is 2.25. The highest BCUT2D eigenvalue weighted by Crippen LogP contribution is 2.25. The Morgan fingerprint density at radius 1 is 1.35 bits per heavy atom. The standard InChI is InChI=1S/C16H24N4/c1-12-7-8-20(10-13(12)9-17)11-15-14-5-3-4-6-16(14)19(2)18-15/h3-6,12-13H,7-11,17H2,1-2H3. The third-order valence-corrected chi connectivity index (χ3v) is 4.71. The summed E-state index contributed by atoms with van der Waals surface area (Å²) in [4.78, 5) is 2.51. The fourth-order valence-electron chi connectivity index (χ4n) is 3.29. The Balaban J connectivity index is 1.80. The van der Waals surface area contributed by atoms with Gasteiger partial charge < -0.3 is 5.73 Å². The first kappa shape index (κ1) is 13.6. The number of hydrogen-bond acceptors (Lipinski definition) is 3. The number of para-hydroxylation sites is 1. The number of nitrogens with two attached hydrogens (primary N) is 1. The van der Waals surface area contributed by atoms with Gasteiger partial charge in [-0.05, 0) is 37.4 Å². The molecule has 1 aliphatic heterocycles. The van der Waals surface area contributed by atoms with Gasteiger partial charge in [-0.15, -0.1) is 0 Å². The van der Waals surface area contributed by atoms with Crippen LogP contribution in [0.2, 0.25) is 0 Å². The highest BCUT2D eigenvalue weighted by atomic mass is 15.3. The zero-order valence-corrected chi connectivity index (χ0v) is 12.4. The summed E-state index contributed by atoms with van der Waals surface area (Å²) in [5.74, 6) is 1.37. The molecule has 2 N–H and O–H groups in total. The Hall–Kier alpha value is -1.39. The molecule has 0 spiro atoms. The number of rotatable bonds is 3. The molecule has 2 atom stereocenters. The van der Waals surface area contributed by atoms with Gasteiger partial charge in [0.2, 0.25) is 0 Å². The first-order chi connectivity index (χ1) is 9.69. The molecule has 0 aliphatic carbocycles. The molecule has 2 unspecified atom stereocenters. The van der Waals surface area contributed by atoms with Crippen LogP contribution in [-0.4, -0.2) is 34.3 Å². The van der Waals surface area contributed by atoms with E-state index in [4.69, 9.17) is 10.8 Å². The smallest absolute Gasteiger partial charge is 0.0843 e. The summed E-state index contributed by atoms with van der Waals surface area (Å²) >= 11 is 0. The predicted molar refractivity (Wildman–Crippen MR) is 82.3 cm³/mol. The molecule has 4 heteroatoms. The van der Waals surface area contributed by atoms with E-state index in [1.807, 2.05) is 11.7 Å². The largest absolute Gasteiger partial charge is 0.330 e. The summed E-state index contributed by atoms with van der Waals surface area (Å²) in [6.07, 6.45) is 1.24. The van der Waals surface area contributed by atoms with Crippen molar-refractivity contribution in [3.63, 3.8) is 0 Å². The van der Waals surface area contributed by atoms with E-state index < -0.39 is 0 Å². The third-order valence-electron chi connectivity index (χ3n) is 4.71. The van der Waals surface area contributed by atoms with Gasteiger partial charge in [0.15, 0.2) is 0 Å². The number of nitrogens with zero attached hydrogens (tertiary/aromatic N) is 3. The van der Waals surface area contributed by atoms with Gasteiger partial charge in [-0.2, -0.15) is 5.10 Å². The minimum Gasteiger partial charge on any atom is -0.330 e. The average molecular weight is 272 g/mol. The molecule has 2 heterocycles. The van der Waals surface area contributed by atoms with Crippen LogP contribution >= 0.6 is 0 Å². The Labute approximate surface area is 120 Å². The van der Waals surface area contributed by atoms with Crippen molar-refractivity contribution >= 4 is 10.9 Å². The molecule has 2 aromatic rings. The van der Waals surface area contributed by atoms with Gasteiger partial charge in [0.05, 0.1) is 11.2 Å². The minimum absolute atomic E-state index is 0.624. The van der Waals surface area contributed by atoms with Gasteiger partial charge in [-0.25, -0.2) is 0 Å². The molecule has 0 bridgehead atoms. The maximum Gasteiger partial charge on any atom is 0.0843 e. The van der Waals surface area contributed by atoms with Crippen molar-refractivity contribution in [3.05, 3.63) is 30.0 Å². The van der Waals surface area contributed by atoms with Gasteiger partial charge >= 0.3 is 0 Å². The molecule has 0 saturated carbocycles. The molecule has 108 valence electrons. The topological polar surface area (TPSA) is 47.1 Å². The maximum absolute atomic E-state index is 5.90. The van der Waals surface area contributed by atoms with Gasteiger partial charge in [-0.1, -0.05) is 25.1 Å². The van der Waals surface area contributed by atoms with E-state index in [0.29, 0.717) is 5.92 Å². The minimum atomic E-state index is 0.624. The number of aromatic nitrogens is 2. The van der Waals surface area contributed by atoms with Crippen LogP contribution < -0.4 is 5.73 Å². The summed E-state index contributed by atoms with van der Waals surface area (Å²) in [7, 11) is 2.02. The fourth-order valence-corrected chi connectivity index (χ4v) is 3.29. The SMILES string of the molecule is CC1CCN(Cc2nn(C)c3ccccc23)CC1CN. The first-order valence-electron chi connectivity index (χ1n) is 7.52. The fraction of sp³-hybridized carbons (Fsp3) is 0.562. The van der Waals surface area contributed by atoms with Crippen LogP contribution in [0.25, 0.3) is 10.9 Å². The van der Waals surface area contributed by atoms with Crippen molar-refractivity contribution in [2.75, 3.05) is 19.6 Å². The normalized spacial score (nSPS) is 24.4.